The van der Waals surface area contributed by atoms with Crippen molar-refractivity contribution in [3.8, 4) is 0 Å². The Morgan fingerprint density at radius 2 is 2.09 bits per heavy atom. The minimum atomic E-state index is -4.71. The molecule has 0 atom stereocenters. The normalized spacial score (nSPS) is 11.1. The van der Waals surface area contributed by atoms with Crippen LogP contribution in [-0.4, -0.2) is 35.7 Å². The van der Waals surface area contributed by atoms with E-state index in [1.165, 1.54) is 11.0 Å². The molecule has 22 heavy (non-hydrogen) atoms. The maximum absolute atomic E-state index is 13.0. The third kappa shape index (κ3) is 5.03. The van der Waals surface area contributed by atoms with E-state index < -0.39 is 30.1 Å². The number of alkyl halides is 3. The fourth-order valence-electron chi connectivity index (χ4n) is 1.80. The van der Waals surface area contributed by atoms with Gasteiger partial charge in [-0.1, -0.05) is 12.1 Å². The highest BCUT2D eigenvalue weighted by Gasteiger charge is 2.33. The van der Waals surface area contributed by atoms with E-state index in [9.17, 15) is 22.4 Å². The Morgan fingerprint density at radius 3 is 2.64 bits per heavy atom. The van der Waals surface area contributed by atoms with Crippen LogP contribution in [0.15, 0.2) is 30.9 Å². The van der Waals surface area contributed by atoms with Crippen molar-refractivity contribution in [1.82, 2.24) is 10.2 Å². The Kier molecular flexibility index (Phi) is 6.36. The van der Waals surface area contributed by atoms with Gasteiger partial charge in [0.1, 0.15) is 5.82 Å². The van der Waals surface area contributed by atoms with Gasteiger partial charge in [-0.25, -0.2) is 9.18 Å². The van der Waals surface area contributed by atoms with Gasteiger partial charge in [0, 0.05) is 19.6 Å². The van der Waals surface area contributed by atoms with Crippen molar-refractivity contribution in [2.75, 3.05) is 19.7 Å². The van der Waals surface area contributed by atoms with Gasteiger partial charge in [-0.2, -0.15) is 13.2 Å². The summed E-state index contributed by atoms with van der Waals surface area (Å²) in [6.45, 7) is 2.91. The van der Waals surface area contributed by atoms with Crippen LogP contribution in [0.5, 0.6) is 0 Å². The molecule has 0 fully saturated rings. The SMILES string of the molecule is C=CCN(CCO)C(=O)NCc1ccc(F)cc1C(F)(F)F. The van der Waals surface area contributed by atoms with Gasteiger partial charge in [0.2, 0.25) is 0 Å². The molecule has 0 aromatic heterocycles. The zero-order chi connectivity index (χ0) is 16.8. The molecular formula is C14H16F4N2O2. The van der Waals surface area contributed by atoms with E-state index in [0.29, 0.717) is 6.07 Å². The van der Waals surface area contributed by atoms with Crippen LogP contribution in [0.3, 0.4) is 0 Å². The lowest BCUT2D eigenvalue weighted by Crippen LogP contribution is -2.41. The van der Waals surface area contributed by atoms with Gasteiger partial charge in [0.25, 0.3) is 0 Å². The fraction of sp³-hybridized carbons (Fsp3) is 0.357. The first-order valence-corrected chi connectivity index (χ1v) is 6.39. The summed E-state index contributed by atoms with van der Waals surface area (Å²) in [4.78, 5) is 13.0. The van der Waals surface area contributed by atoms with Gasteiger partial charge in [-0.05, 0) is 17.7 Å². The monoisotopic (exact) mass is 320 g/mol. The smallest absolute Gasteiger partial charge is 0.395 e. The highest BCUT2D eigenvalue weighted by Crippen LogP contribution is 2.32. The Hall–Kier alpha value is -2.09. The lowest BCUT2D eigenvalue weighted by atomic mass is 10.1. The van der Waals surface area contributed by atoms with Crippen LogP contribution in [-0.2, 0) is 12.7 Å². The van der Waals surface area contributed by atoms with E-state index in [0.717, 1.165) is 12.1 Å². The van der Waals surface area contributed by atoms with Gasteiger partial charge >= 0.3 is 12.2 Å². The van der Waals surface area contributed by atoms with Gasteiger partial charge < -0.3 is 15.3 Å². The Labute approximate surface area is 125 Å². The molecule has 0 bridgehead atoms. The van der Waals surface area contributed by atoms with Gasteiger partial charge in [0.05, 0.1) is 12.2 Å². The lowest BCUT2D eigenvalue weighted by molar-refractivity contribution is -0.138. The minimum Gasteiger partial charge on any atom is -0.395 e. The molecule has 0 saturated heterocycles. The van der Waals surface area contributed by atoms with E-state index in [1.54, 1.807) is 0 Å². The van der Waals surface area contributed by atoms with Gasteiger partial charge in [-0.3, -0.25) is 0 Å². The lowest BCUT2D eigenvalue weighted by Gasteiger charge is -2.21. The third-order valence-electron chi connectivity index (χ3n) is 2.81. The van der Waals surface area contributed by atoms with E-state index in [1.807, 2.05) is 0 Å². The molecule has 0 unspecified atom stereocenters. The number of carbonyl (C=O) groups is 1. The van der Waals surface area contributed by atoms with Crippen LogP contribution in [0.25, 0.3) is 0 Å². The molecule has 0 spiro atoms. The van der Waals surface area contributed by atoms with Crippen LogP contribution in [0.2, 0.25) is 0 Å². The zero-order valence-electron chi connectivity index (χ0n) is 11.7. The number of hydrogen-bond donors (Lipinski definition) is 2. The van der Waals surface area contributed by atoms with Crippen LogP contribution in [0.4, 0.5) is 22.4 Å². The second-order valence-corrected chi connectivity index (χ2v) is 4.42. The summed E-state index contributed by atoms with van der Waals surface area (Å²) >= 11 is 0. The van der Waals surface area contributed by atoms with Crippen molar-refractivity contribution in [2.45, 2.75) is 12.7 Å². The average Bonchev–Trinajstić information content (AvgIpc) is 2.44. The number of rotatable bonds is 6. The number of nitrogens with one attached hydrogen (secondary N) is 1. The van der Waals surface area contributed by atoms with Crippen molar-refractivity contribution in [3.63, 3.8) is 0 Å². The molecular weight excluding hydrogens is 304 g/mol. The number of carbonyl (C=O) groups excluding carboxylic acids is 1. The van der Waals surface area contributed by atoms with E-state index in [2.05, 4.69) is 11.9 Å². The first kappa shape index (κ1) is 18.0. The van der Waals surface area contributed by atoms with E-state index in [-0.39, 0.29) is 25.3 Å². The molecule has 8 heteroatoms. The highest BCUT2D eigenvalue weighted by molar-refractivity contribution is 5.74. The van der Waals surface area contributed by atoms with Crippen LogP contribution in [0, 0.1) is 5.82 Å². The summed E-state index contributed by atoms with van der Waals surface area (Å²) in [6.07, 6.45) is -3.29. The summed E-state index contributed by atoms with van der Waals surface area (Å²) in [6, 6.07) is 1.61. The molecule has 1 aromatic rings. The number of nitrogens with zero attached hydrogens (tertiary/aromatic N) is 1. The summed E-state index contributed by atoms with van der Waals surface area (Å²) in [5.74, 6) is -1.00. The Bertz CT molecular complexity index is 532. The van der Waals surface area contributed by atoms with E-state index >= 15 is 0 Å². The Balaban J connectivity index is 2.83. The predicted octanol–water partition coefficient (Wildman–Crippen LogP) is 2.53. The van der Waals surface area contributed by atoms with Gasteiger partial charge in [-0.15, -0.1) is 6.58 Å². The number of amides is 2. The number of hydrogen-bond acceptors (Lipinski definition) is 2. The first-order valence-electron chi connectivity index (χ1n) is 6.39. The van der Waals surface area contributed by atoms with Gasteiger partial charge in [0.15, 0.2) is 0 Å². The molecule has 0 saturated carbocycles. The second kappa shape index (κ2) is 7.79. The number of halogens is 4. The fourth-order valence-corrected chi connectivity index (χ4v) is 1.80. The number of urea groups is 1. The molecule has 0 aliphatic carbocycles. The maximum atomic E-state index is 13.0. The summed E-state index contributed by atoms with van der Waals surface area (Å²) < 4.78 is 51.4. The van der Waals surface area contributed by atoms with Crippen LogP contribution >= 0.6 is 0 Å². The van der Waals surface area contributed by atoms with Crippen LogP contribution < -0.4 is 5.32 Å². The summed E-state index contributed by atoms with van der Waals surface area (Å²) in [5, 5.41) is 11.1. The van der Waals surface area contributed by atoms with Crippen molar-refractivity contribution in [1.29, 1.82) is 0 Å². The predicted molar refractivity (Wildman–Crippen MR) is 72.5 cm³/mol. The summed E-state index contributed by atoms with van der Waals surface area (Å²) in [5.41, 5.74) is -1.38. The van der Waals surface area contributed by atoms with E-state index in [4.69, 9.17) is 5.11 Å². The largest absolute Gasteiger partial charge is 0.416 e. The molecule has 1 aromatic carbocycles. The standard InChI is InChI=1S/C14H16F4N2O2/c1-2-5-20(6-7-21)13(22)19-9-10-3-4-11(15)8-12(10)14(16,17)18/h2-4,8,21H,1,5-7,9H2,(H,19,22). The van der Waals surface area contributed by atoms with Crippen molar-refractivity contribution in [3.05, 3.63) is 47.8 Å². The topological polar surface area (TPSA) is 52.6 Å². The molecule has 4 nitrogen and oxygen atoms in total. The molecule has 0 aliphatic rings. The quantitative estimate of drug-likeness (QED) is 0.625. The molecule has 2 N–H and O–H groups in total. The molecule has 0 radical (unpaired) electrons. The molecule has 1 rings (SSSR count). The first-order chi connectivity index (χ1) is 10.3. The van der Waals surface area contributed by atoms with Crippen LogP contribution in [0.1, 0.15) is 11.1 Å². The van der Waals surface area contributed by atoms with Crippen molar-refractivity contribution in [2.24, 2.45) is 0 Å². The molecule has 0 heterocycles. The number of aliphatic hydroxyl groups is 1. The summed E-state index contributed by atoms with van der Waals surface area (Å²) in [7, 11) is 0. The minimum absolute atomic E-state index is 0.0212. The second-order valence-electron chi connectivity index (χ2n) is 4.42. The molecule has 122 valence electrons. The number of aliphatic hydroxyl groups excluding tert-OH is 1. The van der Waals surface area contributed by atoms with Crippen molar-refractivity contribution >= 4 is 6.03 Å². The zero-order valence-corrected chi connectivity index (χ0v) is 11.7. The molecule has 2 amide bonds. The molecule has 0 aliphatic heterocycles. The average molecular weight is 320 g/mol. The maximum Gasteiger partial charge on any atom is 0.416 e. The Morgan fingerprint density at radius 1 is 1.41 bits per heavy atom. The number of benzene rings is 1. The highest BCUT2D eigenvalue weighted by atomic mass is 19.4. The third-order valence-corrected chi connectivity index (χ3v) is 2.81. The van der Waals surface area contributed by atoms with Crippen molar-refractivity contribution < 1.29 is 27.5 Å².